The number of hydrogen-bond acceptors (Lipinski definition) is 7. The standard InChI is InChI=1S/C32H38N4O6/c1-2-31(38)34-21-26(22-34)36-20-25-8-7-24(29-19-27(37)17-23-5-3-4-6-28(23)29)18-30(25)35(32(36)39)10-12-41-14-16-42-15-13-40-11-9-33/h2-8,17-19,26,37H,1,9-16,20-22,33H2. The minimum atomic E-state index is -0.127. The molecule has 0 spiro atoms. The van der Waals surface area contributed by atoms with Gasteiger partial charge in [-0.15, -0.1) is 0 Å². The van der Waals surface area contributed by atoms with Crippen molar-refractivity contribution in [2.45, 2.75) is 12.6 Å². The summed E-state index contributed by atoms with van der Waals surface area (Å²) in [7, 11) is 0. The maximum absolute atomic E-state index is 13.9. The fourth-order valence-corrected chi connectivity index (χ4v) is 5.40. The molecule has 2 aliphatic rings. The van der Waals surface area contributed by atoms with Gasteiger partial charge < -0.3 is 34.9 Å². The lowest BCUT2D eigenvalue weighted by Crippen LogP contribution is -2.64. The average molecular weight is 575 g/mol. The van der Waals surface area contributed by atoms with Crippen LogP contribution in [0.5, 0.6) is 5.75 Å². The molecule has 1 fully saturated rings. The Hall–Kier alpha value is -3.96. The number of likely N-dealkylation sites (tertiary alicyclic amines) is 1. The van der Waals surface area contributed by atoms with E-state index in [9.17, 15) is 14.7 Å². The van der Waals surface area contributed by atoms with Crippen molar-refractivity contribution in [3.05, 3.63) is 72.8 Å². The SMILES string of the molecule is C=CC(=O)N1CC(N2Cc3ccc(-c4cc(O)cc5ccccc45)cc3N(CCOCCOCCOCCN)C2=O)C1. The van der Waals surface area contributed by atoms with Crippen molar-refractivity contribution in [1.82, 2.24) is 9.80 Å². The van der Waals surface area contributed by atoms with Crippen LogP contribution in [0.25, 0.3) is 21.9 Å². The van der Waals surface area contributed by atoms with Crippen molar-refractivity contribution in [3.8, 4) is 16.9 Å². The molecule has 0 bridgehead atoms. The summed E-state index contributed by atoms with van der Waals surface area (Å²) in [6, 6.07) is 17.3. The number of nitrogens with zero attached hydrogens (tertiary/aromatic N) is 3. The van der Waals surface area contributed by atoms with Gasteiger partial charge in [0.2, 0.25) is 5.91 Å². The molecule has 3 aromatic rings. The molecule has 0 unspecified atom stereocenters. The highest BCUT2D eigenvalue weighted by Gasteiger charge is 2.41. The molecule has 2 aliphatic heterocycles. The number of aromatic hydroxyl groups is 1. The number of fused-ring (bicyclic) bond motifs is 2. The third-order valence-electron chi connectivity index (χ3n) is 7.61. The predicted molar refractivity (Wildman–Crippen MR) is 161 cm³/mol. The van der Waals surface area contributed by atoms with Crippen molar-refractivity contribution in [3.63, 3.8) is 0 Å². The minimum Gasteiger partial charge on any atom is -0.508 e. The van der Waals surface area contributed by atoms with E-state index < -0.39 is 0 Å². The molecule has 3 amide bonds. The van der Waals surface area contributed by atoms with E-state index in [2.05, 4.69) is 6.58 Å². The molecule has 0 atom stereocenters. The van der Waals surface area contributed by atoms with E-state index in [1.807, 2.05) is 47.4 Å². The molecule has 5 rings (SSSR count). The lowest BCUT2D eigenvalue weighted by atomic mass is 9.95. The van der Waals surface area contributed by atoms with Crippen LogP contribution < -0.4 is 10.6 Å². The van der Waals surface area contributed by atoms with Gasteiger partial charge in [0.25, 0.3) is 0 Å². The molecule has 0 aliphatic carbocycles. The Kier molecular flexibility index (Phi) is 9.70. The monoisotopic (exact) mass is 574 g/mol. The highest BCUT2D eigenvalue weighted by atomic mass is 16.5. The molecule has 3 N–H and O–H groups in total. The first-order valence-electron chi connectivity index (χ1n) is 14.3. The lowest BCUT2D eigenvalue weighted by Gasteiger charge is -2.48. The molecule has 0 aromatic heterocycles. The fraction of sp³-hybridized carbons (Fsp3) is 0.375. The summed E-state index contributed by atoms with van der Waals surface area (Å²) in [5, 5.41) is 12.4. The number of ether oxygens (including phenoxy) is 3. The molecule has 3 aromatic carbocycles. The second-order valence-electron chi connectivity index (χ2n) is 10.3. The summed E-state index contributed by atoms with van der Waals surface area (Å²) in [5.74, 6) is 0.0585. The van der Waals surface area contributed by atoms with Crippen LogP contribution in [-0.2, 0) is 25.5 Å². The van der Waals surface area contributed by atoms with Crippen LogP contribution in [-0.4, -0.2) is 98.7 Å². The van der Waals surface area contributed by atoms with E-state index >= 15 is 0 Å². The fourth-order valence-electron chi connectivity index (χ4n) is 5.40. The smallest absolute Gasteiger partial charge is 0.325 e. The third kappa shape index (κ3) is 6.57. The first-order chi connectivity index (χ1) is 20.5. The number of hydrogen-bond donors (Lipinski definition) is 2. The largest absolute Gasteiger partial charge is 0.508 e. The van der Waals surface area contributed by atoms with Crippen molar-refractivity contribution in [2.24, 2.45) is 5.73 Å². The average Bonchev–Trinajstić information content (AvgIpc) is 2.97. The van der Waals surface area contributed by atoms with E-state index in [4.69, 9.17) is 19.9 Å². The van der Waals surface area contributed by atoms with Gasteiger partial charge in [-0.1, -0.05) is 43.0 Å². The number of nitrogens with two attached hydrogens (primary N) is 1. The highest BCUT2D eigenvalue weighted by molar-refractivity contribution is 6.00. The van der Waals surface area contributed by atoms with Crippen molar-refractivity contribution in [1.29, 1.82) is 0 Å². The summed E-state index contributed by atoms with van der Waals surface area (Å²) in [6.45, 7) is 8.43. The maximum Gasteiger partial charge on any atom is 0.325 e. The van der Waals surface area contributed by atoms with Gasteiger partial charge in [-0.2, -0.15) is 0 Å². The lowest BCUT2D eigenvalue weighted by molar-refractivity contribution is -0.132. The Morgan fingerprint density at radius 1 is 0.976 bits per heavy atom. The normalized spacial score (nSPS) is 15.2. The van der Waals surface area contributed by atoms with Gasteiger partial charge in [0.1, 0.15) is 5.75 Å². The molecule has 0 radical (unpaired) electrons. The van der Waals surface area contributed by atoms with Crippen molar-refractivity contribution in [2.75, 3.05) is 70.7 Å². The molecular formula is C32H38N4O6. The topological polar surface area (TPSA) is 118 Å². The number of rotatable bonds is 14. The van der Waals surface area contributed by atoms with E-state index in [-0.39, 0.29) is 23.7 Å². The Bertz CT molecular complexity index is 1420. The van der Waals surface area contributed by atoms with Crippen LogP contribution in [0, 0.1) is 0 Å². The molecule has 42 heavy (non-hydrogen) atoms. The van der Waals surface area contributed by atoms with Crippen molar-refractivity contribution < 1.29 is 28.9 Å². The number of benzene rings is 3. The third-order valence-corrected chi connectivity index (χ3v) is 7.61. The second kappa shape index (κ2) is 13.8. The predicted octanol–water partition coefficient (Wildman–Crippen LogP) is 3.36. The Balaban J connectivity index is 1.32. The number of amides is 3. The number of phenols is 1. The van der Waals surface area contributed by atoms with Gasteiger partial charge in [0, 0.05) is 26.2 Å². The number of phenolic OH excluding ortho intramolecular Hbond substituents is 1. The van der Waals surface area contributed by atoms with Crippen LogP contribution in [0.2, 0.25) is 0 Å². The Labute approximate surface area is 245 Å². The van der Waals surface area contributed by atoms with Crippen LogP contribution >= 0.6 is 0 Å². The number of anilines is 1. The molecule has 222 valence electrons. The summed E-state index contributed by atoms with van der Waals surface area (Å²) in [5.41, 5.74) is 9.03. The number of carbonyl (C=O) groups excluding carboxylic acids is 2. The molecule has 0 saturated carbocycles. The van der Waals surface area contributed by atoms with Gasteiger partial charge in [0.05, 0.1) is 57.9 Å². The zero-order valence-corrected chi connectivity index (χ0v) is 23.7. The molecule has 10 heteroatoms. The molecular weight excluding hydrogens is 536 g/mol. The van der Waals surface area contributed by atoms with E-state index in [0.29, 0.717) is 72.4 Å². The maximum atomic E-state index is 13.9. The van der Waals surface area contributed by atoms with Gasteiger partial charge in [-0.25, -0.2) is 4.79 Å². The van der Waals surface area contributed by atoms with Crippen LogP contribution in [0.1, 0.15) is 5.56 Å². The van der Waals surface area contributed by atoms with Gasteiger partial charge in [-0.05, 0) is 51.7 Å². The van der Waals surface area contributed by atoms with Gasteiger partial charge in [0.15, 0.2) is 0 Å². The van der Waals surface area contributed by atoms with Crippen molar-refractivity contribution >= 4 is 28.4 Å². The summed E-state index contributed by atoms with van der Waals surface area (Å²) < 4.78 is 16.6. The highest BCUT2D eigenvalue weighted by Crippen LogP contribution is 2.38. The zero-order valence-electron chi connectivity index (χ0n) is 23.7. The van der Waals surface area contributed by atoms with Gasteiger partial charge >= 0.3 is 6.03 Å². The zero-order chi connectivity index (χ0) is 29.5. The molecule has 1 saturated heterocycles. The summed E-state index contributed by atoms with van der Waals surface area (Å²) in [6.07, 6.45) is 1.30. The van der Waals surface area contributed by atoms with Crippen LogP contribution in [0.15, 0.2) is 67.3 Å². The Morgan fingerprint density at radius 2 is 1.69 bits per heavy atom. The Morgan fingerprint density at radius 3 is 2.43 bits per heavy atom. The first-order valence-corrected chi connectivity index (χ1v) is 14.3. The van der Waals surface area contributed by atoms with Crippen LogP contribution in [0.4, 0.5) is 10.5 Å². The summed E-state index contributed by atoms with van der Waals surface area (Å²) in [4.78, 5) is 31.1. The number of urea groups is 1. The van der Waals surface area contributed by atoms with E-state index in [1.165, 1.54) is 6.08 Å². The minimum absolute atomic E-state index is 0.0671. The summed E-state index contributed by atoms with van der Waals surface area (Å²) >= 11 is 0. The van der Waals surface area contributed by atoms with E-state index in [1.54, 1.807) is 21.9 Å². The number of carbonyl (C=O) groups is 2. The van der Waals surface area contributed by atoms with Gasteiger partial charge in [-0.3, -0.25) is 9.69 Å². The van der Waals surface area contributed by atoms with E-state index in [0.717, 1.165) is 33.2 Å². The second-order valence-corrected chi connectivity index (χ2v) is 10.3. The molecule has 2 heterocycles. The molecule has 10 nitrogen and oxygen atoms in total. The van der Waals surface area contributed by atoms with Crippen LogP contribution in [0.3, 0.4) is 0 Å². The first kappa shape index (κ1) is 29.5. The quantitative estimate of drug-likeness (QED) is 0.224.